The highest BCUT2D eigenvalue weighted by Crippen LogP contribution is 2.25. The van der Waals surface area contributed by atoms with E-state index in [-0.39, 0.29) is 30.5 Å². The molecule has 0 aliphatic heterocycles. The Hall–Kier alpha value is -3.68. The first-order valence-electron chi connectivity index (χ1n) is 7.85. The van der Waals surface area contributed by atoms with Gasteiger partial charge in [-0.15, -0.1) is 0 Å². The number of nitro benzene ring substituents is 1. The summed E-state index contributed by atoms with van der Waals surface area (Å²) in [6, 6.07) is 15.5. The Balaban J connectivity index is 1.52. The number of nitro groups is 1. The van der Waals surface area contributed by atoms with E-state index in [9.17, 15) is 14.9 Å². The predicted octanol–water partition coefficient (Wildman–Crippen LogP) is 2.48. The van der Waals surface area contributed by atoms with Crippen molar-refractivity contribution in [3.63, 3.8) is 0 Å². The average molecular weight is 352 g/mol. The molecule has 0 fully saturated rings. The molecule has 2 aromatic carbocycles. The Morgan fingerprint density at radius 2 is 1.88 bits per heavy atom. The molecule has 0 spiro atoms. The number of aromatic nitrogens is 2. The van der Waals surface area contributed by atoms with Crippen molar-refractivity contribution in [1.82, 2.24) is 15.1 Å². The standard InChI is InChI=1S/C18H16N4O4/c23-18(13-26-17-9-5-4-8-16(17)22(24)25)19-10-14-11-20-21(12-14)15-6-2-1-3-7-15/h1-9,11-12H,10,13H2,(H,19,23). The largest absolute Gasteiger partial charge is 0.477 e. The molecule has 1 aromatic heterocycles. The van der Waals surface area contributed by atoms with Crippen LogP contribution in [0.25, 0.3) is 5.69 Å². The number of amides is 1. The minimum atomic E-state index is -0.550. The average Bonchev–Trinajstić information content (AvgIpc) is 3.14. The third-order valence-corrected chi connectivity index (χ3v) is 3.57. The maximum absolute atomic E-state index is 11.9. The second kappa shape index (κ2) is 7.93. The molecule has 26 heavy (non-hydrogen) atoms. The molecular weight excluding hydrogens is 336 g/mol. The van der Waals surface area contributed by atoms with E-state index in [1.807, 2.05) is 36.5 Å². The molecule has 8 nitrogen and oxygen atoms in total. The topological polar surface area (TPSA) is 99.3 Å². The number of ether oxygens (including phenoxy) is 1. The Morgan fingerprint density at radius 1 is 1.15 bits per heavy atom. The van der Waals surface area contributed by atoms with Gasteiger partial charge in [0.25, 0.3) is 5.91 Å². The first-order valence-corrected chi connectivity index (χ1v) is 7.85. The summed E-state index contributed by atoms with van der Waals surface area (Å²) >= 11 is 0. The zero-order valence-corrected chi connectivity index (χ0v) is 13.7. The van der Waals surface area contributed by atoms with Gasteiger partial charge < -0.3 is 10.1 Å². The van der Waals surface area contributed by atoms with Crippen LogP contribution in [0.5, 0.6) is 5.75 Å². The minimum Gasteiger partial charge on any atom is -0.477 e. The maximum Gasteiger partial charge on any atom is 0.310 e. The summed E-state index contributed by atoms with van der Waals surface area (Å²) in [7, 11) is 0. The van der Waals surface area contributed by atoms with Crippen LogP contribution in [0, 0.1) is 10.1 Å². The van der Waals surface area contributed by atoms with Crippen LogP contribution in [0.3, 0.4) is 0 Å². The van der Waals surface area contributed by atoms with Gasteiger partial charge in [0.1, 0.15) is 0 Å². The zero-order valence-electron chi connectivity index (χ0n) is 13.7. The summed E-state index contributed by atoms with van der Waals surface area (Å²) in [5.74, 6) is -0.319. The lowest BCUT2D eigenvalue weighted by Crippen LogP contribution is -2.28. The molecule has 1 heterocycles. The van der Waals surface area contributed by atoms with Gasteiger partial charge in [-0.1, -0.05) is 30.3 Å². The van der Waals surface area contributed by atoms with Crippen molar-refractivity contribution in [2.45, 2.75) is 6.54 Å². The Morgan fingerprint density at radius 3 is 2.65 bits per heavy atom. The number of hydrogen-bond donors (Lipinski definition) is 1. The summed E-state index contributed by atoms with van der Waals surface area (Å²) < 4.78 is 6.96. The molecule has 0 bridgehead atoms. The Kier molecular flexibility index (Phi) is 5.23. The molecule has 0 atom stereocenters. The van der Waals surface area contributed by atoms with Gasteiger partial charge in [-0.25, -0.2) is 4.68 Å². The Bertz CT molecular complexity index is 908. The monoisotopic (exact) mass is 352 g/mol. The molecule has 0 aliphatic rings. The van der Waals surface area contributed by atoms with E-state index in [1.165, 1.54) is 18.2 Å². The number of carbonyl (C=O) groups is 1. The predicted molar refractivity (Wildman–Crippen MR) is 94.0 cm³/mol. The molecule has 0 radical (unpaired) electrons. The van der Waals surface area contributed by atoms with Gasteiger partial charge in [0, 0.05) is 24.4 Å². The van der Waals surface area contributed by atoms with Crippen LogP contribution in [0.1, 0.15) is 5.56 Å². The fraction of sp³-hybridized carbons (Fsp3) is 0.111. The fourth-order valence-electron chi connectivity index (χ4n) is 2.30. The van der Waals surface area contributed by atoms with Crippen molar-refractivity contribution in [3.05, 3.63) is 82.7 Å². The molecule has 1 N–H and O–H groups in total. The van der Waals surface area contributed by atoms with Crippen molar-refractivity contribution in [2.75, 3.05) is 6.61 Å². The molecule has 132 valence electrons. The number of benzene rings is 2. The highest BCUT2D eigenvalue weighted by molar-refractivity contribution is 5.77. The first-order chi connectivity index (χ1) is 12.6. The highest BCUT2D eigenvalue weighted by atomic mass is 16.6. The van der Waals surface area contributed by atoms with Crippen LogP contribution in [-0.2, 0) is 11.3 Å². The van der Waals surface area contributed by atoms with Crippen molar-refractivity contribution in [3.8, 4) is 11.4 Å². The van der Waals surface area contributed by atoms with E-state index in [4.69, 9.17) is 4.74 Å². The molecule has 0 saturated heterocycles. The van der Waals surface area contributed by atoms with E-state index < -0.39 is 4.92 Å². The third-order valence-electron chi connectivity index (χ3n) is 3.57. The number of carbonyl (C=O) groups excluding carboxylic acids is 1. The van der Waals surface area contributed by atoms with Gasteiger partial charge in [0.2, 0.25) is 0 Å². The molecule has 0 saturated carbocycles. The SMILES string of the molecule is O=C(COc1ccccc1[N+](=O)[O-])NCc1cnn(-c2ccccc2)c1. The third kappa shape index (κ3) is 4.23. The van der Waals surface area contributed by atoms with Crippen molar-refractivity contribution in [2.24, 2.45) is 0 Å². The second-order valence-electron chi connectivity index (χ2n) is 5.42. The zero-order chi connectivity index (χ0) is 18.4. The van der Waals surface area contributed by atoms with Crippen molar-refractivity contribution >= 4 is 11.6 Å². The normalized spacial score (nSPS) is 10.3. The highest BCUT2D eigenvalue weighted by Gasteiger charge is 2.14. The summed E-state index contributed by atoms with van der Waals surface area (Å²) in [6.07, 6.45) is 3.48. The molecule has 0 aliphatic carbocycles. The Labute approximate surface area is 149 Å². The smallest absolute Gasteiger partial charge is 0.310 e. The fourth-order valence-corrected chi connectivity index (χ4v) is 2.30. The lowest BCUT2D eigenvalue weighted by molar-refractivity contribution is -0.385. The summed E-state index contributed by atoms with van der Waals surface area (Å²) in [4.78, 5) is 22.3. The van der Waals surface area contributed by atoms with Gasteiger partial charge in [-0.3, -0.25) is 14.9 Å². The molecule has 3 aromatic rings. The quantitative estimate of drug-likeness (QED) is 0.520. The van der Waals surface area contributed by atoms with Gasteiger partial charge in [0.15, 0.2) is 12.4 Å². The molecular formula is C18H16N4O4. The van der Waals surface area contributed by atoms with E-state index in [1.54, 1.807) is 16.9 Å². The van der Waals surface area contributed by atoms with E-state index in [0.29, 0.717) is 0 Å². The number of rotatable bonds is 7. The van der Waals surface area contributed by atoms with Crippen LogP contribution in [0.2, 0.25) is 0 Å². The summed E-state index contributed by atoms with van der Waals surface area (Å²) in [5.41, 5.74) is 1.57. The van der Waals surface area contributed by atoms with Crippen LogP contribution >= 0.6 is 0 Å². The lowest BCUT2D eigenvalue weighted by Gasteiger charge is -2.07. The van der Waals surface area contributed by atoms with Crippen LogP contribution in [-0.4, -0.2) is 27.2 Å². The molecule has 1 amide bonds. The number of hydrogen-bond acceptors (Lipinski definition) is 5. The van der Waals surface area contributed by atoms with Crippen molar-refractivity contribution in [1.29, 1.82) is 0 Å². The van der Waals surface area contributed by atoms with E-state index in [0.717, 1.165) is 11.3 Å². The summed E-state index contributed by atoms with van der Waals surface area (Å²) in [5, 5.41) is 17.9. The number of nitrogens with zero attached hydrogens (tertiary/aromatic N) is 3. The molecule has 8 heteroatoms. The van der Waals surface area contributed by atoms with Gasteiger partial charge in [-0.2, -0.15) is 5.10 Å². The maximum atomic E-state index is 11.9. The minimum absolute atomic E-state index is 0.0598. The van der Waals surface area contributed by atoms with E-state index >= 15 is 0 Å². The van der Waals surface area contributed by atoms with Gasteiger partial charge in [0.05, 0.1) is 16.8 Å². The number of para-hydroxylation sites is 3. The lowest BCUT2D eigenvalue weighted by atomic mass is 10.3. The molecule has 0 unspecified atom stereocenters. The first kappa shape index (κ1) is 17.2. The van der Waals surface area contributed by atoms with Crippen molar-refractivity contribution < 1.29 is 14.5 Å². The van der Waals surface area contributed by atoms with Gasteiger partial charge >= 0.3 is 5.69 Å². The van der Waals surface area contributed by atoms with E-state index in [2.05, 4.69) is 10.4 Å². The van der Waals surface area contributed by atoms with Crippen LogP contribution in [0.15, 0.2) is 67.0 Å². The number of nitrogens with one attached hydrogen (secondary N) is 1. The molecule has 3 rings (SSSR count). The van der Waals surface area contributed by atoms with Gasteiger partial charge in [-0.05, 0) is 18.2 Å². The second-order valence-corrected chi connectivity index (χ2v) is 5.42. The van der Waals surface area contributed by atoms with Crippen LogP contribution in [0.4, 0.5) is 5.69 Å². The summed E-state index contributed by atoms with van der Waals surface area (Å²) in [6.45, 7) is -0.0242. The van der Waals surface area contributed by atoms with Crippen LogP contribution < -0.4 is 10.1 Å².